The van der Waals surface area contributed by atoms with E-state index in [0.29, 0.717) is 6.41 Å². The lowest BCUT2D eigenvalue weighted by Gasteiger charge is -2.08. The lowest BCUT2D eigenvalue weighted by Crippen LogP contribution is -2.20. The Kier molecular flexibility index (Phi) is 2.90. The Bertz CT molecular complexity index is 326. The molecule has 2 N–H and O–H groups in total. The predicted octanol–water partition coefficient (Wildman–Crippen LogP) is 1.17. The molecule has 4 nitrogen and oxygen atoms in total. The average Bonchev–Trinajstić information content (AvgIpc) is 2.14. The fourth-order valence-electron chi connectivity index (χ4n) is 0.779. The molecule has 14 heavy (non-hydrogen) atoms. The molecule has 1 aromatic heterocycles. The number of hydrogen-bond donors (Lipinski definition) is 2. The normalized spacial score (nSPS) is 10.8. The number of rotatable bonds is 3. The Morgan fingerprint density at radius 3 is 2.71 bits per heavy atom. The zero-order valence-corrected chi connectivity index (χ0v) is 6.80. The van der Waals surface area contributed by atoms with Crippen molar-refractivity contribution in [2.24, 2.45) is 0 Å². The van der Waals surface area contributed by atoms with Gasteiger partial charge in [0, 0.05) is 6.20 Å². The van der Waals surface area contributed by atoms with Gasteiger partial charge in [-0.15, -0.1) is 0 Å². The minimum absolute atomic E-state index is 0.0769. The smallest absolute Gasteiger partial charge is 0.282 e. The number of hydrazine groups is 1. The summed E-state index contributed by atoms with van der Waals surface area (Å²) in [6.07, 6.45) is -3.12. The van der Waals surface area contributed by atoms with Gasteiger partial charge in [0.05, 0.1) is 5.56 Å². The minimum atomic E-state index is -4.42. The number of hydrogen-bond acceptors (Lipinski definition) is 3. The van der Waals surface area contributed by atoms with Crippen LogP contribution in [-0.2, 0) is 11.0 Å². The Balaban J connectivity index is 2.84. The van der Waals surface area contributed by atoms with Gasteiger partial charge in [0.2, 0.25) is 6.41 Å². The molecule has 0 aromatic carbocycles. The first kappa shape index (κ1) is 10.3. The minimum Gasteiger partial charge on any atom is -0.282 e. The molecule has 0 bridgehead atoms. The van der Waals surface area contributed by atoms with Gasteiger partial charge >= 0.3 is 6.18 Å². The van der Waals surface area contributed by atoms with Crippen LogP contribution in [0, 0.1) is 0 Å². The Morgan fingerprint density at radius 2 is 2.14 bits per heavy atom. The number of carbonyl (C=O) groups is 1. The summed E-state index contributed by atoms with van der Waals surface area (Å²) in [6, 6.07) is 1.63. The molecule has 0 fully saturated rings. The van der Waals surface area contributed by atoms with Crippen LogP contribution in [0.2, 0.25) is 0 Å². The summed E-state index contributed by atoms with van der Waals surface area (Å²) in [4.78, 5) is 13.4. The van der Waals surface area contributed by atoms with Crippen LogP contribution in [0.1, 0.15) is 5.56 Å². The summed E-state index contributed by atoms with van der Waals surface area (Å²) in [5, 5.41) is 0. The maximum Gasteiger partial charge on any atom is 0.416 e. The summed E-state index contributed by atoms with van der Waals surface area (Å²) >= 11 is 0. The standard InChI is InChI=1S/C7H6F3N3O/c8-7(9,10)5-1-2-11-6(3-5)13-12-4-14/h1-4H,(H,11,13)(H,12,14). The topological polar surface area (TPSA) is 54.0 Å². The molecule has 0 aliphatic carbocycles. The van der Waals surface area contributed by atoms with Gasteiger partial charge in [-0.2, -0.15) is 13.2 Å². The molecular weight excluding hydrogens is 199 g/mol. The van der Waals surface area contributed by atoms with E-state index in [9.17, 15) is 18.0 Å². The first-order chi connectivity index (χ1) is 6.54. The molecule has 0 atom stereocenters. The maximum atomic E-state index is 12.1. The molecule has 0 aliphatic rings. The fraction of sp³-hybridized carbons (Fsp3) is 0.143. The van der Waals surface area contributed by atoms with Gasteiger partial charge in [-0.1, -0.05) is 0 Å². The SMILES string of the molecule is O=CNNc1cc(C(F)(F)F)ccn1. The number of nitrogens with zero attached hydrogens (tertiary/aromatic N) is 1. The summed E-state index contributed by atoms with van der Waals surface area (Å²) < 4.78 is 36.4. The second kappa shape index (κ2) is 3.95. The number of alkyl halides is 3. The van der Waals surface area contributed by atoms with Crippen molar-refractivity contribution in [1.29, 1.82) is 0 Å². The highest BCUT2D eigenvalue weighted by atomic mass is 19.4. The number of amides is 1. The van der Waals surface area contributed by atoms with Crippen molar-refractivity contribution in [3.05, 3.63) is 23.9 Å². The third-order valence-electron chi connectivity index (χ3n) is 1.35. The van der Waals surface area contributed by atoms with E-state index >= 15 is 0 Å². The quantitative estimate of drug-likeness (QED) is 0.575. The summed E-state index contributed by atoms with van der Waals surface area (Å²) in [7, 11) is 0. The van der Waals surface area contributed by atoms with Gasteiger partial charge in [0.15, 0.2) is 0 Å². The van der Waals surface area contributed by atoms with E-state index in [4.69, 9.17) is 0 Å². The van der Waals surface area contributed by atoms with Crippen molar-refractivity contribution in [2.45, 2.75) is 6.18 Å². The lowest BCUT2D eigenvalue weighted by atomic mass is 10.2. The van der Waals surface area contributed by atoms with E-state index in [1.807, 2.05) is 5.43 Å². The first-order valence-corrected chi connectivity index (χ1v) is 3.52. The van der Waals surface area contributed by atoms with Crippen LogP contribution in [0.4, 0.5) is 19.0 Å². The van der Waals surface area contributed by atoms with Gasteiger partial charge in [0.25, 0.3) is 0 Å². The lowest BCUT2D eigenvalue weighted by molar-refractivity contribution is -0.137. The molecule has 76 valence electrons. The molecule has 0 unspecified atom stereocenters. The number of pyridine rings is 1. The van der Waals surface area contributed by atoms with E-state index < -0.39 is 11.7 Å². The first-order valence-electron chi connectivity index (χ1n) is 3.52. The van der Waals surface area contributed by atoms with Gasteiger partial charge in [-0.3, -0.25) is 15.6 Å². The zero-order valence-electron chi connectivity index (χ0n) is 6.80. The Labute approximate surface area is 77.1 Å². The predicted molar refractivity (Wildman–Crippen MR) is 42.1 cm³/mol. The molecule has 1 rings (SSSR count). The monoisotopic (exact) mass is 205 g/mol. The molecule has 0 saturated carbocycles. The third-order valence-corrected chi connectivity index (χ3v) is 1.35. The van der Waals surface area contributed by atoms with Crippen molar-refractivity contribution in [3.8, 4) is 0 Å². The second-order valence-electron chi connectivity index (χ2n) is 2.31. The zero-order chi connectivity index (χ0) is 10.6. The molecule has 0 radical (unpaired) electrons. The Hall–Kier alpha value is -1.79. The number of anilines is 1. The van der Waals surface area contributed by atoms with Crippen LogP contribution in [0.5, 0.6) is 0 Å². The second-order valence-corrected chi connectivity index (χ2v) is 2.31. The highest BCUT2D eigenvalue weighted by Crippen LogP contribution is 2.29. The summed E-state index contributed by atoms with van der Waals surface area (Å²) in [6.45, 7) is 0. The highest BCUT2D eigenvalue weighted by Gasteiger charge is 2.30. The molecule has 7 heteroatoms. The van der Waals surface area contributed by atoms with Crippen molar-refractivity contribution in [1.82, 2.24) is 10.4 Å². The van der Waals surface area contributed by atoms with Crippen molar-refractivity contribution in [2.75, 3.05) is 5.43 Å². The van der Waals surface area contributed by atoms with E-state index in [1.54, 1.807) is 0 Å². The number of aromatic nitrogens is 1. The van der Waals surface area contributed by atoms with Gasteiger partial charge in [0.1, 0.15) is 5.82 Å². The van der Waals surface area contributed by atoms with Gasteiger partial charge in [-0.05, 0) is 12.1 Å². The van der Waals surface area contributed by atoms with Crippen molar-refractivity contribution >= 4 is 12.2 Å². The Morgan fingerprint density at radius 1 is 1.43 bits per heavy atom. The van der Waals surface area contributed by atoms with Crippen LogP contribution in [0.3, 0.4) is 0 Å². The average molecular weight is 205 g/mol. The highest BCUT2D eigenvalue weighted by molar-refractivity contribution is 5.51. The van der Waals surface area contributed by atoms with E-state index in [0.717, 1.165) is 18.3 Å². The molecule has 1 aromatic rings. The molecule has 1 heterocycles. The molecule has 0 saturated heterocycles. The largest absolute Gasteiger partial charge is 0.416 e. The van der Waals surface area contributed by atoms with E-state index in [1.165, 1.54) is 0 Å². The molecule has 0 aliphatic heterocycles. The molecule has 1 amide bonds. The number of carbonyl (C=O) groups excluding carboxylic acids is 1. The van der Waals surface area contributed by atoms with Gasteiger partial charge < -0.3 is 0 Å². The van der Waals surface area contributed by atoms with Gasteiger partial charge in [-0.25, -0.2) is 4.98 Å². The summed E-state index contributed by atoms with van der Waals surface area (Å²) in [5.41, 5.74) is 3.33. The van der Waals surface area contributed by atoms with E-state index in [-0.39, 0.29) is 5.82 Å². The molecular formula is C7H6F3N3O. The van der Waals surface area contributed by atoms with Crippen LogP contribution < -0.4 is 10.9 Å². The van der Waals surface area contributed by atoms with Crippen LogP contribution in [-0.4, -0.2) is 11.4 Å². The number of halogens is 3. The van der Waals surface area contributed by atoms with E-state index in [2.05, 4.69) is 10.4 Å². The van der Waals surface area contributed by atoms with Crippen LogP contribution in [0.15, 0.2) is 18.3 Å². The van der Waals surface area contributed by atoms with Crippen molar-refractivity contribution < 1.29 is 18.0 Å². The molecule has 0 spiro atoms. The number of nitrogens with one attached hydrogen (secondary N) is 2. The fourth-order valence-corrected chi connectivity index (χ4v) is 0.779. The third kappa shape index (κ3) is 2.61. The maximum absolute atomic E-state index is 12.1. The van der Waals surface area contributed by atoms with Crippen LogP contribution in [0.25, 0.3) is 0 Å². The van der Waals surface area contributed by atoms with Crippen molar-refractivity contribution in [3.63, 3.8) is 0 Å². The summed E-state index contributed by atoms with van der Waals surface area (Å²) in [5.74, 6) is -0.0769. The van der Waals surface area contributed by atoms with Crippen LogP contribution >= 0.6 is 0 Å².